The highest BCUT2D eigenvalue weighted by molar-refractivity contribution is 6.04. The molecule has 2 fully saturated rings. The van der Waals surface area contributed by atoms with E-state index in [1.165, 1.54) is 6.42 Å². The van der Waals surface area contributed by atoms with Crippen molar-refractivity contribution in [2.45, 2.75) is 57.5 Å². The van der Waals surface area contributed by atoms with Crippen LogP contribution in [-0.2, 0) is 9.59 Å². The summed E-state index contributed by atoms with van der Waals surface area (Å²) >= 11 is 0. The minimum absolute atomic E-state index is 0.0345. The Kier molecular flexibility index (Phi) is 4.39. The highest BCUT2D eigenvalue weighted by Crippen LogP contribution is 2.23. The van der Waals surface area contributed by atoms with E-state index in [-0.39, 0.29) is 24.3 Å². The largest absolute Gasteiger partial charge is 0.353 e. The number of carbonyl (C=O) groups excluding carboxylic acids is 3. The van der Waals surface area contributed by atoms with Gasteiger partial charge in [-0.25, -0.2) is 4.79 Å². The normalized spacial score (nSPS) is 30.7. The molecule has 0 unspecified atom stereocenters. The Bertz CT molecular complexity index is 383. The first-order chi connectivity index (χ1) is 9.06. The summed E-state index contributed by atoms with van der Waals surface area (Å²) in [6, 6.07) is -0.786. The Labute approximate surface area is 112 Å². The molecule has 3 N–H and O–H groups in total. The monoisotopic (exact) mass is 267 g/mol. The van der Waals surface area contributed by atoms with Crippen molar-refractivity contribution in [2.24, 2.45) is 5.92 Å². The molecule has 2 rings (SSSR count). The second-order valence-corrected chi connectivity index (χ2v) is 5.49. The molecule has 4 amide bonds. The van der Waals surface area contributed by atoms with Crippen molar-refractivity contribution in [3.05, 3.63) is 0 Å². The number of amides is 4. The first kappa shape index (κ1) is 13.8. The number of carbonyl (C=O) groups is 3. The first-order valence-corrected chi connectivity index (χ1v) is 6.97. The molecule has 3 atom stereocenters. The van der Waals surface area contributed by atoms with E-state index in [1.54, 1.807) is 0 Å². The predicted molar refractivity (Wildman–Crippen MR) is 69.3 cm³/mol. The van der Waals surface area contributed by atoms with Gasteiger partial charge in [-0.1, -0.05) is 19.8 Å². The van der Waals surface area contributed by atoms with E-state index in [0.717, 1.165) is 19.3 Å². The van der Waals surface area contributed by atoms with Gasteiger partial charge in [0.1, 0.15) is 6.04 Å². The summed E-state index contributed by atoms with van der Waals surface area (Å²) < 4.78 is 0. The maximum atomic E-state index is 11.8. The molecule has 0 spiro atoms. The highest BCUT2D eigenvalue weighted by atomic mass is 16.2. The van der Waals surface area contributed by atoms with Crippen molar-refractivity contribution in [3.63, 3.8) is 0 Å². The average Bonchev–Trinajstić information content (AvgIpc) is 2.68. The van der Waals surface area contributed by atoms with Crippen LogP contribution >= 0.6 is 0 Å². The Morgan fingerprint density at radius 2 is 2.05 bits per heavy atom. The van der Waals surface area contributed by atoms with Gasteiger partial charge in [-0.2, -0.15) is 0 Å². The minimum atomic E-state index is -0.568. The van der Waals surface area contributed by atoms with Crippen LogP contribution in [0.5, 0.6) is 0 Å². The van der Waals surface area contributed by atoms with E-state index in [1.807, 2.05) is 0 Å². The Hall–Kier alpha value is -1.59. The van der Waals surface area contributed by atoms with Crippen LogP contribution in [0.4, 0.5) is 4.79 Å². The van der Waals surface area contributed by atoms with Crippen LogP contribution in [0.1, 0.15) is 45.4 Å². The molecule has 2 aliphatic rings. The number of hydrogen-bond acceptors (Lipinski definition) is 3. The van der Waals surface area contributed by atoms with Crippen LogP contribution in [-0.4, -0.2) is 29.9 Å². The van der Waals surface area contributed by atoms with Gasteiger partial charge < -0.3 is 10.6 Å². The van der Waals surface area contributed by atoms with Crippen LogP contribution in [0, 0.1) is 5.92 Å². The SMILES string of the molecule is C[C@H]1CCCC[C@@H]1NC(=O)CC[C@H]1NC(=O)NC1=O. The number of nitrogens with one attached hydrogen (secondary N) is 3. The van der Waals surface area contributed by atoms with Crippen molar-refractivity contribution in [1.29, 1.82) is 0 Å². The molecular formula is C13H21N3O3. The zero-order valence-corrected chi connectivity index (χ0v) is 11.2. The van der Waals surface area contributed by atoms with Crippen LogP contribution in [0.2, 0.25) is 0 Å². The number of hydrogen-bond donors (Lipinski definition) is 3. The first-order valence-electron chi connectivity index (χ1n) is 6.97. The minimum Gasteiger partial charge on any atom is -0.353 e. The van der Waals surface area contributed by atoms with Gasteiger partial charge in [-0.05, 0) is 25.2 Å². The molecule has 6 nitrogen and oxygen atoms in total. The number of rotatable bonds is 4. The molecule has 1 aliphatic heterocycles. The summed E-state index contributed by atoms with van der Waals surface area (Å²) in [5.41, 5.74) is 0. The molecule has 0 aromatic rings. The highest BCUT2D eigenvalue weighted by Gasteiger charge is 2.30. The van der Waals surface area contributed by atoms with Gasteiger partial charge >= 0.3 is 6.03 Å². The van der Waals surface area contributed by atoms with Gasteiger partial charge in [-0.15, -0.1) is 0 Å². The molecule has 19 heavy (non-hydrogen) atoms. The molecule has 0 bridgehead atoms. The Morgan fingerprint density at radius 1 is 1.32 bits per heavy atom. The molecule has 1 saturated carbocycles. The smallest absolute Gasteiger partial charge is 0.322 e. The van der Waals surface area contributed by atoms with Gasteiger partial charge in [0, 0.05) is 12.5 Å². The summed E-state index contributed by atoms with van der Waals surface area (Å²) in [4.78, 5) is 34.1. The van der Waals surface area contributed by atoms with E-state index >= 15 is 0 Å². The van der Waals surface area contributed by atoms with Crippen LogP contribution in [0.15, 0.2) is 0 Å². The van der Waals surface area contributed by atoms with Crippen molar-refractivity contribution in [2.75, 3.05) is 0 Å². The van der Waals surface area contributed by atoms with Gasteiger partial charge in [0.25, 0.3) is 5.91 Å². The molecule has 0 radical (unpaired) electrons. The third kappa shape index (κ3) is 3.68. The quantitative estimate of drug-likeness (QED) is 0.654. The lowest BCUT2D eigenvalue weighted by molar-refractivity contribution is -0.123. The van der Waals surface area contributed by atoms with E-state index in [2.05, 4.69) is 22.9 Å². The van der Waals surface area contributed by atoms with Gasteiger partial charge in [-0.3, -0.25) is 14.9 Å². The summed E-state index contributed by atoms with van der Waals surface area (Å²) in [6.07, 6.45) is 5.21. The zero-order chi connectivity index (χ0) is 13.8. The van der Waals surface area contributed by atoms with E-state index < -0.39 is 12.1 Å². The third-order valence-electron chi connectivity index (χ3n) is 3.98. The van der Waals surface area contributed by atoms with E-state index in [9.17, 15) is 14.4 Å². The lowest BCUT2D eigenvalue weighted by Crippen LogP contribution is -2.41. The fourth-order valence-corrected chi connectivity index (χ4v) is 2.75. The lowest BCUT2D eigenvalue weighted by atomic mass is 9.86. The molecule has 0 aromatic heterocycles. The summed E-state index contributed by atoms with van der Waals surface area (Å²) in [5, 5.41) is 7.69. The van der Waals surface area contributed by atoms with Crippen molar-refractivity contribution in [3.8, 4) is 0 Å². The van der Waals surface area contributed by atoms with Crippen LogP contribution < -0.4 is 16.0 Å². The van der Waals surface area contributed by atoms with Crippen molar-refractivity contribution >= 4 is 17.8 Å². The second-order valence-electron chi connectivity index (χ2n) is 5.49. The van der Waals surface area contributed by atoms with Crippen LogP contribution in [0.3, 0.4) is 0 Å². The van der Waals surface area contributed by atoms with Gasteiger partial charge in [0.05, 0.1) is 0 Å². The zero-order valence-electron chi connectivity index (χ0n) is 11.2. The Balaban J connectivity index is 1.72. The van der Waals surface area contributed by atoms with E-state index in [4.69, 9.17) is 0 Å². The van der Waals surface area contributed by atoms with Crippen LogP contribution in [0.25, 0.3) is 0 Å². The maximum absolute atomic E-state index is 11.8. The molecular weight excluding hydrogens is 246 g/mol. The fourth-order valence-electron chi connectivity index (χ4n) is 2.75. The average molecular weight is 267 g/mol. The van der Waals surface area contributed by atoms with Gasteiger partial charge in [0.2, 0.25) is 5.91 Å². The topological polar surface area (TPSA) is 87.3 Å². The number of urea groups is 1. The molecule has 6 heteroatoms. The maximum Gasteiger partial charge on any atom is 0.322 e. The van der Waals surface area contributed by atoms with Crippen molar-refractivity contribution < 1.29 is 14.4 Å². The molecule has 1 heterocycles. The molecule has 106 valence electrons. The van der Waals surface area contributed by atoms with Crippen molar-refractivity contribution in [1.82, 2.24) is 16.0 Å². The van der Waals surface area contributed by atoms with E-state index in [0.29, 0.717) is 12.3 Å². The summed E-state index contributed by atoms with van der Waals surface area (Å²) in [6.45, 7) is 2.16. The molecule has 1 aliphatic carbocycles. The number of imide groups is 1. The Morgan fingerprint density at radius 3 is 2.68 bits per heavy atom. The lowest BCUT2D eigenvalue weighted by Gasteiger charge is -2.29. The van der Waals surface area contributed by atoms with Gasteiger partial charge in [0.15, 0.2) is 0 Å². The standard InChI is InChI=1S/C13H21N3O3/c1-8-4-2-3-5-9(8)14-11(17)7-6-10-12(18)16-13(19)15-10/h8-10H,2-7H2,1H3,(H,14,17)(H2,15,16,18,19)/t8-,9-,10+/m0/s1. The summed E-state index contributed by atoms with van der Waals surface area (Å²) in [5.74, 6) is 0.142. The molecule has 1 saturated heterocycles. The third-order valence-corrected chi connectivity index (χ3v) is 3.98. The second kappa shape index (κ2) is 6.04. The fraction of sp³-hybridized carbons (Fsp3) is 0.769. The summed E-state index contributed by atoms with van der Waals surface area (Å²) in [7, 11) is 0. The predicted octanol–water partition coefficient (Wildman–Crippen LogP) is 0.670. The molecule has 0 aromatic carbocycles.